The first-order valence-electron chi connectivity index (χ1n) is 5.96. The number of carbonyl (C=O) groups is 2. The molecule has 2 atom stereocenters. The molecule has 1 heterocycles. The fourth-order valence-corrected chi connectivity index (χ4v) is 2.09. The number of nitrogens with two attached hydrogens (primary N) is 1. The molecule has 2 rings (SSSR count). The van der Waals surface area contributed by atoms with E-state index < -0.39 is 6.04 Å². The van der Waals surface area contributed by atoms with Crippen LogP contribution in [0.5, 0.6) is 0 Å². The summed E-state index contributed by atoms with van der Waals surface area (Å²) in [5.74, 6) is -0.123. The van der Waals surface area contributed by atoms with E-state index in [1.807, 2.05) is 0 Å². The van der Waals surface area contributed by atoms with Crippen LogP contribution in [0, 0.1) is 0 Å². The molecule has 5 nitrogen and oxygen atoms in total. The van der Waals surface area contributed by atoms with Gasteiger partial charge in [-0.15, -0.1) is 0 Å². The van der Waals surface area contributed by atoms with Crippen LogP contribution in [0.2, 0.25) is 0 Å². The first-order valence-corrected chi connectivity index (χ1v) is 5.96. The summed E-state index contributed by atoms with van der Waals surface area (Å²) >= 11 is 0. The second kappa shape index (κ2) is 4.41. The van der Waals surface area contributed by atoms with Gasteiger partial charge in [0.15, 0.2) is 0 Å². The van der Waals surface area contributed by atoms with Crippen molar-refractivity contribution in [2.75, 3.05) is 6.54 Å². The molecule has 3 N–H and O–H groups in total. The van der Waals surface area contributed by atoms with Crippen LogP contribution in [0.25, 0.3) is 0 Å². The Morgan fingerprint density at radius 3 is 2.62 bits per heavy atom. The van der Waals surface area contributed by atoms with Crippen molar-refractivity contribution in [1.29, 1.82) is 0 Å². The van der Waals surface area contributed by atoms with E-state index in [9.17, 15) is 9.59 Å². The van der Waals surface area contributed by atoms with Crippen molar-refractivity contribution in [2.45, 2.75) is 50.7 Å². The molecule has 0 spiro atoms. The Kier molecular flexibility index (Phi) is 3.14. The topological polar surface area (TPSA) is 75.4 Å². The Labute approximate surface area is 95.3 Å². The summed E-state index contributed by atoms with van der Waals surface area (Å²) in [4.78, 5) is 25.3. The number of hydrogen-bond donors (Lipinski definition) is 2. The maximum absolute atomic E-state index is 11.9. The van der Waals surface area contributed by atoms with Gasteiger partial charge in [0.2, 0.25) is 11.8 Å². The summed E-state index contributed by atoms with van der Waals surface area (Å²) in [6.45, 7) is 2.32. The number of carbonyl (C=O) groups excluding carboxylic acids is 2. The molecule has 90 valence electrons. The predicted molar refractivity (Wildman–Crippen MR) is 59.5 cm³/mol. The molecule has 2 amide bonds. The van der Waals surface area contributed by atoms with Crippen molar-refractivity contribution < 1.29 is 9.59 Å². The van der Waals surface area contributed by atoms with Crippen LogP contribution in [0.15, 0.2) is 0 Å². The van der Waals surface area contributed by atoms with Crippen LogP contribution in [-0.4, -0.2) is 41.4 Å². The number of amides is 2. The Bertz CT molecular complexity index is 300. The number of nitrogens with one attached hydrogen (secondary N) is 1. The lowest BCUT2D eigenvalue weighted by molar-refractivity contribution is -0.139. The van der Waals surface area contributed by atoms with Gasteiger partial charge in [-0.2, -0.15) is 0 Å². The quantitative estimate of drug-likeness (QED) is 0.686. The third-order valence-electron chi connectivity index (χ3n) is 3.15. The second-order valence-corrected chi connectivity index (χ2v) is 4.76. The minimum atomic E-state index is -0.519. The van der Waals surface area contributed by atoms with Gasteiger partial charge in [-0.3, -0.25) is 9.59 Å². The molecule has 0 radical (unpaired) electrons. The van der Waals surface area contributed by atoms with Gasteiger partial charge >= 0.3 is 0 Å². The SMILES string of the molecule is C[C@@H](N)C(=O)N1CCCC1C(=O)NC1CC1. The predicted octanol–water partition coefficient (Wildman–Crippen LogP) is -0.397. The molecule has 2 aliphatic rings. The average molecular weight is 225 g/mol. The van der Waals surface area contributed by atoms with Gasteiger partial charge < -0.3 is 16.0 Å². The van der Waals surface area contributed by atoms with E-state index in [-0.39, 0.29) is 17.9 Å². The van der Waals surface area contributed by atoms with Crippen LogP contribution in [0.3, 0.4) is 0 Å². The smallest absolute Gasteiger partial charge is 0.243 e. The Morgan fingerprint density at radius 2 is 2.06 bits per heavy atom. The van der Waals surface area contributed by atoms with Crippen LogP contribution in [0.1, 0.15) is 32.6 Å². The fourth-order valence-electron chi connectivity index (χ4n) is 2.09. The highest BCUT2D eigenvalue weighted by Gasteiger charge is 2.37. The van der Waals surface area contributed by atoms with Crippen LogP contribution in [-0.2, 0) is 9.59 Å². The Balaban J connectivity index is 1.96. The normalized spacial score (nSPS) is 26.6. The highest BCUT2D eigenvalue weighted by atomic mass is 16.2. The maximum Gasteiger partial charge on any atom is 0.243 e. The molecular formula is C11H19N3O2. The number of likely N-dealkylation sites (tertiary alicyclic amines) is 1. The monoisotopic (exact) mass is 225 g/mol. The van der Waals surface area contributed by atoms with Gasteiger partial charge in [-0.1, -0.05) is 0 Å². The van der Waals surface area contributed by atoms with Crippen molar-refractivity contribution >= 4 is 11.8 Å². The molecule has 0 aromatic heterocycles. The molecular weight excluding hydrogens is 206 g/mol. The zero-order valence-electron chi connectivity index (χ0n) is 9.61. The summed E-state index contributed by atoms with van der Waals surface area (Å²) < 4.78 is 0. The lowest BCUT2D eigenvalue weighted by Crippen LogP contribution is -2.50. The third-order valence-corrected chi connectivity index (χ3v) is 3.15. The third kappa shape index (κ3) is 2.35. The summed E-state index contributed by atoms with van der Waals surface area (Å²) in [5.41, 5.74) is 5.57. The molecule has 0 aromatic rings. The molecule has 2 fully saturated rings. The Hall–Kier alpha value is -1.10. The molecule has 1 unspecified atom stereocenters. The number of hydrogen-bond acceptors (Lipinski definition) is 3. The number of nitrogens with zero attached hydrogens (tertiary/aromatic N) is 1. The lowest BCUT2D eigenvalue weighted by atomic mass is 10.2. The van der Waals surface area contributed by atoms with Gasteiger partial charge in [0, 0.05) is 12.6 Å². The summed E-state index contributed by atoms with van der Waals surface area (Å²) in [6, 6.07) is -0.464. The van der Waals surface area contributed by atoms with E-state index in [2.05, 4.69) is 5.32 Å². The first-order chi connectivity index (χ1) is 7.59. The van der Waals surface area contributed by atoms with E-state index in [4.69, 9.17) is 5.73 Å². The molecule has 0 aromatic carbocycles. The zero-order chi connectivity index (χ0) is 11.7. The largest absolute Gasteiger partial charge is 0.352 e. The molecule has 5 heteroatoms. The van der Waals surface area contributed by atoms with Gasteiger partial charge in [0.05, 0.1) is 6.04 Å². The zero-order valence-corrected chi connectivity index (χ0v) is 9.61. The van der Waals surface area contributed by atoms with E-state index in [1.165, 1.54) is 0 Å². The van der Waals surface area contributed by atoms with E-state index >= 15 is 0 Å². The van der Waals surface area contributed by atoms with E-state index in [1.54, 1.807) is 11.8 Å². The van der Waals surface area contributed by atoms with E-state index in [0.717, 1.165) is 25.7 Å². The van der Waals surface area contributed by atoms with E-state index in [0.29, 0.717) is 12.6 Å². The Morgan fingerprint density at radius 1 is 1.38 bits per heavy atom. The van der Waals surface area contributed by atoms with Crippen LogP contribution in [0.4, 0.5) is 0 Å². The van der Waals surface area contributed by atoms with Crippen LogP contribution >= 0.6 is 0 Å². The lowest BCUT2D eigenvalue weighted by Gasteiger charge is -2.25. The summed E-state index contributed by atoms with van der Waals surface area (Å²) in [5, 5.41) is 2.95. The minimum absolute atomic E-state index is 0.00556. The molecule has 1 saturated carbocycles. The first kappa shape index (κ1) is 11.4. The summed E-state index contributed by atoms with van der Waals surface area (Å²) in [6.07, 6.45) is 3.79. The highest BCUT2D eigenvalue weighted by molar-refractivity contribution is 5.90. The van der Waals surface area contributed by atoms with Gasteiger partial charge in [-0.25, -0.2) is 0 Å². The maximum atomic E-state index is 11.9. The average Bonchev–Trinajstić information content (AvgIpc) is 2.91. The second-order valence-electron chi connectivity index (χ2n) is 4.76. The van der Waals surface area contributed by atoms with Crippen molar-refractivity contribution in [2.24, 2.45) is 5.73 Å². The minimum Gasteiger partial charge on any atom is -0.352 e. The molecule has 1 saturated heterocycles. The summed E-state index contributed by atoms with van der Waals surface area (Å²) in [7, 11) is 0. The molecule has 0 bridgehead atoms. The van der Waals surface area contributed by atoms with Gasteiger partial charge in [-0.05, 0) is 32.6 Å². The van der Waals surface area contributed by atoms with Crippen LogP contribution < -0.4 is 11.1 Å². The molecule has 1 aliphatic carbocycles. The standard InChI is InChI=1S/C11H19N3O2/c1-7(12)11(16)14-6-2-3-9(14)10(15)13-8-4-5-8/h7-9H,2-6,12H2,1H3,(H,13,15)/t7-,9?/m1/s1. The van der Waals surface area contributed by atoms with Crippen molar-refractivity contribution in [3.63, 3.8) is 0 Å². The van der Waals surface area contributed by atoms with Gasteiger partial charge in [0.1, 0.15) is 6.04 Å². The molecule has 1 aliphatic heterocycles. The number of rotatable bonds is 3. The van der Waals surface area contributed by atoms with Crippen molar-refractivity contribution in [3.8, 4) is 0 Å². The fraction of sp³-hybridized carbons (Fsp3) is 0.818. The van der Waals surface area contributed by atoms with Gasteiger partial charge in [0.25, 0.3) is 0 Å². The van der Waals surface area contributed by atoms with Crippen molar-refractivity contribution in [3.05, 3.63) is 0 Å². The van der Waals surface area contributed by atoms with Crippen molar-refractivity contribution in [1.82, 2.24) is 10.2 Å². The highest BCUT2D eigenvalue weighted by Crippen LogP contribution is 2.22. The molecule has 16 heavy (non-hydrogen) atoms.